The van der Waals surface area contributed by atoms with Gasteiger partial charge in [0.1, 0.15) is 0 Å². The van der Waals surface area contributed by atoms with E-state index in [-0.39, 0.29) is 6.04 Å². The first-order valence-corrected chi connectivity index (χ1v) is 6.74. The summed E-state index contributed by atoms with van der Waals surface area (Å²) in [7, 11) is 0. The van der Waals surface area contributed by atoms with Gasteiger partial charge in [-0.3, -0.25) is 0 Å². The van der Waals surface area contributed by atoms with Gasteiger partial charge in [-0.1, -0.05) is 44.0 Å². The molecule has 0 saturated heterocycles. The van der Waals surface area contributed by atoms with E-state index < -0.39 is 0 Å². The minimum atomic E-state index is 0.201. The summed E-state index contributed by atoms with van der Waals surface area (Å²) in [6.45, 7) is 9.07. The van der Waals surface area contributed by atoms with E-state index in [1.54, 1.807) is 0 Å². The Bertz CT molecular complexity index is 406. The molecule has 94 valence electrons. The maximum Gasteiger partial charge on any atom is 0.0331 e. The number of hydrogen-bond acceptors (Lipinski definition) is 1. The third-order valence-electron chi connectivity index (χ3n) is 4.57. The lowest BCUT2D eigenvalue weighted by atomic mass is 9.75. The third kappa shape index (κ3) is 2.40. The van der Waals surface area contributed by atoms with Gasteiger partial charge in [-0.2, -0.15) is 0 Å². The van der Waals surface area contributed by atoms with Crippen LogP contribution in [0.15, 0.2) is 18.2 Å². The SMILES string of the molecule is Cc1ccc(C)c(C(N)C2CCCC2(C)C)c1. The number of hydrogen-bond donors (Lipinski definition) is 1. The molecule has 0 radical (unpaired) electrons. The Labute approximate surface area is 105 Å². The van der Waals surface area contributed by atoms with Crippen molar-refractivity contribution in [3.8, 4) is 0 Å². The first-order valence-electron chi connectivity index (χ1n) is 6.74. The van der Waals surface area contributed by atoms with Gasteiger partial charge in [-0.15, -0.1) is 0 Å². The lowest BCUT2D eigenvalue weighted by Gasteiger charge is -2.33. The number of rotatable bonds is 2. The topological polar surface area (TPSA) is 26.0 Å². The second kappa shape index (κ2) is 4.45. The van der Waals surface area contributed by atoms with Crippen LogP contribution >= 0.6 is 0 Å². The molecule has 1 aliphatic rings. The molecule has 1 saturated carbocycles. The zero-order chi connectivity index (χ0) is 12.6. The van der Waals surface area contributed by atoms with Crippen LogP contribution in [0.4, 0.5) is 0 Å². The second-order valence-electron chi connectivity index (χ2n) is 6.37. The molecule has 1 aromatic rings. The van der Waals surface area contributed by atoms with E-state index in [1.807, 2.05) is 0 Å². The van der Waals surface area contributed by atoms with Gasteiger partial charge in [0.2, 0.25) is 0 Å². The average Bonchev–Trinajstić information content (AvgIpc) is 2.61. The molecule has 2 rings (SSSR count). The zero-order valence-corrected chi connectivity index (χ0v) is 11.6. The van der Waals surface area contributed by atoms with Gasteiger partial charge in [-0.05, 0) is 49.1 Å². The minimum Gasteiger partial charge on any atom is -0.324 e. The molecule has 1 aliphatic carbocycles. The van der Waals surface area contributed by atoms with Crippen LogP contribution in [0.3, 0.4) is 0 Å². The Morgan fingerprint density at radius 3 is 2.59 bits per heavy atom. The molecule has 0 aromatic heterocycles. The van der Waals surface area contributed by atoms with E-state index in [9.17, 15) is 0 Å². The van der Waals surface area contributed by atoms with Crippen LogP contribution in [0, 0.1) is 25.2 Å². The van der Waals surface area contributed by atoms with Crippen molar-refractivity contribution in [1.29, 1.82) is 0 Å². The largest absolute Gasteiger partial charge is 0.324 e. The minimum absolute atomic E-state index is 0.201. The van der Waals surface area contributed by atoms with Gasteiger partial charge < -0.3 is 5.73 Å². The molecule has 1 aromatic carbocycles. The highest BCUT2D eigenvalue weighted by atomic mass is 14.7. The highest BCUT2D eigenvalue weighted by Crippen LogP contribution is 2.48. The molecule has 1 fully saturated rings. The first kappa shape index (κ1) is 12.6. The molecule has 17 heavy (non-hydrogen) atoms. The summed E-state index contributed by atoms with van der Waals surface area (Å²) in [6.07, 6.45) is 3.92. The highest BCUT2D eigenvalue weighted by Gasteiger charge is 2.38. The molecular weight excluding hydrogens is 206 g/mol. The summed E-state index contributed by atoms with van der Waals surface area (Å²) in [6, 6.07) is 6.85. The summed E-state index contributed by atoms with van der Waals surface area (Å²) < 4.78 is 0. The second-order valence-corrected chi connectivity index (χ2v) is 6.37. The zero-order valence-electron chi connectivity index (χ0n) is 11.6. The van der Waals surface area contributed by atoms with Gasteiger partial charge in [-0.25, -0.2) is 0 Å². The van der Waals surface area contributed by atoms with Crippen molar-refractivity contribution in [3.05, 3.63) is 34.9 Å². The van der Waals surface area contributed by atoms with E-state index in [2.05, 4.69) is 45.9 Å². The fourth-order valence-electron chi connectivity index (χ4n) is 3.36. The number of aryl methyl sites for hydroxylation is 2. The van der Waals surface area contributed by atoms with Crippen molar-refractivity contribution in [2.24, 2.45) is 17.1 Å². The van der Waals surface area contributed by atoms with E-state index in [0.29, 0.717) is 11.3 Å². The first-order chi connectivity index (χ1) is 7.92. The number of benzene rings is 1. The summed E-state index contributed by atoms with van der Waals surface area (Å²) in [5, 5.41) is 0. The number of nitrogens with two attached hydrogens (primary N) is 1. The Kier molecular flexibility index (Phi) is 3.31. The molecule has 2 N–H and O–H groups in total. The Morgan fingerprint density at radius 1 is 1.29 bits per heavy atom. The quantitative estimate of drug-likeness (QED) is 0.813. The molecule has 0 amide bonds. The van der Waals surface area contributed by atoms with Crippen molar-refractivity contribution in [3.63, 3.8) is 0 Å². The van der Waals surface area contributed by atoms with Crippen molar-refractivity contribution in [1.82, 2.24) is 0 Å². The Balaban J connectivity index is 2.30. The predicted molar refractivity (Wildman–Crippen MR) is 74.0 cm³/mol. The van der Waals surface area contributed by atoms with Crippen molar-refractivity contribution in [2.45, 2.75) is 53.0 Å². The van der Waals surface area contributed by atoms with Crippen LogP contribution in [-0.4, -0.2) is 0 Å². The van der Waals surface area contributed by atoms with E-state index in [4.69, 9.17) is 5.73 Å². The summed E-state index contributed by atoms with van der Waals surface area (Å²) >= 11 is 0. The van der Waals surface area contributed by atoms with Crippen molar-refractivity contribution >= 4 is 0 Å². The van der Waals surface area contributed by atoms with Crippen LogP contribution in [0.1, 0.15) is 55.8 Å². The summed E-state index contributed by atoms with van der Waals surface area (Å²) in [5.41, 5.74) is 11.0. The fraction of sp³-hybridized carbons (Fsp3) is 0.625. The van der Waals surface area contributed by atoms with E-state index in [0.717, 1.165) is 0 Å². The maximum absolute atomic E-state index is 6.55. The molecular formula is C16H25N. The highest BCUT2D eigenvalue weighted by molar-refractivity contribution is 5.33. The monoisotopic (exact) mass is 231 g/mol. The van der Waals surface area contributed by atoms with Gasteiger partial charge >= 0.3 is 0 Å². The average molecular weight is 231 g/mol. The Hall–Kier alpha value is -0.820. The van der Waals surface area contributed by atoms with Gasteiger partial charge in [0.15, 0.2) is 0 Å². The molecule has 1 heteroatoms. The van der Waals surface area contributed by atoms with E-state index in [1.165, 1.54) is 36.0 Å². The Morgan fingerprint density at radius 2 is 2.00 bits per heavy atom. The fourth-order valence-corrected chi connectivity index (χ4v) is 3.36. The van der Waals surface area contributed by atoms with Crippen LogP contribution in [0.25, 0.3) is 0 Å². The van der Waals surface area contributed by atoms with Crippen LogP contribution in [0.2, 0.25) is 0 Å². The molecule has 0 heterocycles. The molecule has 0 bridgehead atoms. The lowest BCUT2D eigenvalue weighted by molar-refractivity contribution is 0.222. The van der Waals surface area contributed by atoms with Crippen molar-refractivity contribution < 1.29 is 0 Å². The van der Waals surface area contributed by atoms with Gasteiger partial charge in [0.05, 0.1) is 0 Å². The van der Waals surface area contributed by atoms with Crippen molar-refractivity contribution in [2.75, 3.05) is 0 Å². The third-order valence-corrected chi connectivity index (χ3v) is 4.57. The smallest absolute Gasteiger partial charge is 0.0331 e. The van der Waals surface area contributed by atoms with Crippen LogP contribution in [0.5, 0.6) is 0 Å². The molecule has 0 spiro atoms. The molecule has 0 aliphatic heterocycles. The molecule has 1 nitrogen and oxygen atoms in total. The summed E-state index contributed by atoms with van der Waals surface area (Å²) in [4.78, 5) is 0. The van der Waals surface area contributed by atoms with Gasteiger partial charge in [0.25, 0.3) is 0 Å². The molecule has 2 unspecified atom stereocenters. The van der Waals surface area contributed by atoms with Crippen LogP contribution in [-0.2, 0) is 0 Å². The summed E-state index contributed by atoms with van der Waals surface area (Å²) in [5.74, 6) is 0.628. The normalized spacial score (nSPS) is 24.9. The van der Waals surface area contributed by atoms with Gasteiger partial charge in [0, 0.05) is 6.04 Å². The standard InChI is InChI=1S/C16H25N/c1-11-7-8-12(2)13(10-11)15(17)14-6-5-9-16(14,3)4/h7-8,10,14-15H,5-6,9,17H2,1-4H3. The van der Waals surface area contributed by atoms with E-state index >= 15 is 0 Å². The molecule has 2 atom stereocenters. The predicted octanol–water partition coefficient (Wildman–Crippen LogP) is 4.13. The lowest BCUT2D eigenvalue weighted by Crippen LogP contribution is -2.30. The van der Waals surface area contributed by atoms with Crippen LogP contribution < -0.4 is 5.73 Å². The maximum atomic E-state index is 6.55.